The zero-order chi connectivity index (χ0) is 18.1. The largest absolute Gasteiger partial charge is 0.451 e. The van der Waals surface area contributed by atoms with Crippen molar-refractivity contribution in [3.05, 3.63) is 64.8 Å². The Morgan fingerprint density at radius 3 is 2.85 bits per heavy atom. The lowest BCUT2D eigenvalue weighted by molar-refractivity contribution is -0.121. The minimum absolute atomic E-state index is 0.252. The van der Waals surface area contributed by atoms with E-state index in [9.17, 15) is 14.0 Å². The van der Waals surface area contributed by atoms with Crippen LogP contribution < -0.4 is 4.90 Å². The molecule has 3 aromatic rings. The van der Waals surface area contributed by atoms with Gasteiger partial charge in [0, 0.05) is 22.3 Å². The normalized spacial score (nSPS) is 13.5. The molecule has 0 fully saturated rings. The molecule has 0 radical (unpaired) electrons. The summed E-state index contributed by atoms with van der Waals surface area (Å²) in [6.45, 7) is 0.283. The van der Waals surface area contributed by atoms with Gasteiger partial charge in [-0.15, -0.1) is 11.3 Å². The van der Waals surface area contributed by atoms with Crippen molar-refractivity contribution < 1.29 is 18.7 Å². The first-order valence-corrected chi connectivity index (χ1v) is 9.18. The topological polar surface area (TPSA) is 46.6 Å². The standard InChI is InChI=1S/C20H16FNO3S/c21-15-7-3-9-17-14(15)11-18(26-17)20(24)25-12-19(23)22-10-4-6-13-5-1-2-8-16(13)22/h1-3,5,7-9,11H,4,6,10,12H2. The lowest BCUT2D eigenvalue weighted by Crippen LogP contribution is -2.38. The van der Waals surface area contributed by atoms with Gasteiger partial charge in [0.05, 0.1) is 0 Å². The van der Waals surface area contributed by atoms with Crippen molar-refractivity contribution in [2.24, 2.45) is 0 Å². The number of hydrogen-bond acceptors (Lipinski definition) is 4. The fraction of sp³-hybridized carbons (Fsp3) is 0.200. The van der Waals surface area contributed by atoms with Crippen LogP contribution in [-0.2, 0) is 16.0 Å². The number of ether oxygens (including phenoxy) is 1. The maximum atomic E-state index is 13.8. The van der Waals surface area contributed by atoms with Gasteiger partial charge in [-0.25, -0.2) is 9.18 Å². The fourth-order valence-electron chi connectivity index (χ4n) is 3.19. The second-order valence-electron chi connectivity index (χ2n) is 6.12. The van der Waals surface area contributed by atoms with Gasteiger partial charge in [-0.3, -0.25) is 4.79 Å². The highest BCUT2D eigenvalue weighted by Crippen LogP contribution is 2.29. The molecule has 26 heavy (non-hydrogen) atoms. The summed E-state index contributed by atoms with van der Waals surface area (Å²) in [6.07, 6.45) is 1.82. The second-order valence-corrected chi connectivity index (χ2v) is 7.20. The van der Waals surface area contributed by atoms with Gasteiger partial charge in [0.1, 0.15) is 10.7 Å². The third-order valence-electron chi connectivity index (χ3n) is 4.45. The third kappa shape index (κ3) is 3.08. The number of nitrogens with zero attached hydrogens (tertiary/aromatic N) is 1. The van der Waals surface area contributed by atoms with E-state index in [0.717, 1.165) is 35.4 Å². The van der Waals surface area contributed by atoms with Gasteiger partial charge >= 0.3 is 5.97 Å². The number of para-hydroxylation sites is 1. The molecule has 1 aliphatic heterocycles. The number of benzene rings is 2. The third-order valence-corrected chi connectivity index (χ3v) is 5.53. The zero-order valence-electron chi connectivity index (χ0n) is 13.9. The van der Waals surface area contributed by atoms with Gasteiger partial charge in [0.25, 0.3) is 5.91 Å². The molecule has 2 aromatic carbocycles. The van der Waals surface area contributed by atoms with Crippen molar-refractivity contribution in [3.8, 4) is 0 Å². The molecule has 0 saturated heterocycles. The van der Waals surface area contributed by atoms with Crippen molar-refractivity contribution in [2.75, 3.05) is 18.1 Å². The highest BCUT2D eigenvalue weighted by Gasteiger charge is 2.23. The van der Waals surface area contributed by atoms with Crippen molar-refractivity contribution >= 4 is 39.0 Å². The van der Waals surface area contributed by atoms with Crippen molar-refractivity contribution in [1.82, 2.24) is 0 Å². The minimum Gasteiger partial charge on any atom is -0.451 e. The van der Waals surface area contributed by atoms with Gasteiger partial charge in [0.15, 0.2) is 6.61 Å². The number of halogens is 1. The number of rotatable bonds is 3. The molecule has 0 aliphatic carbocycles. The molecular weight excluding hydrogens is 353 g/mol. The summed E-state index contributed by atoms with van der Waals surface area (Å²) < 4.78 is 19.6. The summed E-state index contributed by atoms with van der Waals surface area (Å²) in [6, 6.07) is 13.9. The zero-order valence-corrected chi connectivity index (χ0v) is 14.7. The van der Waals surface area contributed by atoms with Crippen molar-refractivity contribution in [2.45, 2.75) is 12.8 Å². The smallest absolute Gasteiger partial charge is 0.348 e. The first-order chi connectivity index (χ1) is 12.6. The highest BCUT2D eigenvalue weighted by molar-refractivity contribution is 7.20. The molecule has 0 bridgehead atoms. The van der Waals surface area contributed by atoms with Gasteiger partial charge in [-0.1, -0.05) is 24.3 Å². The molecular formula is C20H16FNO3S. The number of esters is 1. The maximum absolute atomic E-state index is 13.8. The van der Waals surface area contributed by atoms with E-state index < -0.39 is 5.97 Å². The predicted octanol–water partition coefficient (Wildman–Crippen LogP) is 4.18. The number of hydrogen-bond donors (Lipinski definition) is 0. The van der Waals surface area contributed by atoms with Crippen molar-refractivity contribution in [1.29, 1.82) is 0 Å². The van der Waals surface area contributed by atoms with E-state index in [1.165, 1.54) is 12.1 Å². The quantitative estimate of drug-likeness (QED) is 0.651. The molecule has 0 N–H and O–H groups in total. The van der Waals surface area contributed by atoms with Gasteiger partial charge in [-0.2, -0.15) is 0 Å². The Morgan fingerprint density at radius 1 is 1.15 bits per heavy atom. The first-order valence-electron chi connectivity index (χ1n) is 8.37. The number of carbonyl (C=O) groups is 2. The summed E-state index contributed by atoms with van der Waals surface area (Å²) in [5, 5.41) is 0.390. The average molecular weight is 369 g/mol. The Labute approximate surface area is 153 Å². The van der Waals surface area contributed by atoms with Crippen LogP contribution in [0, 0.1) is 5.82 Å². The van der Waals surface area contributed by atoms with Gasteiger partial charge in [0.2, 0.25) is 0 Å². The Hall–Kier alpha value is -2.73. The molecule has 0 spiro atoms. The predicted molar refractivity (Wildman–Crippen MR) is 99.2 cm³/mol. The van der Waals surface area contributed by atoms with E-state index >= 15 is 0 Å². The molecule has 6 heteroatoms. The molecule has 1 aliphatic rings. The summed E-state index contributed by atoms with van der Waals surface area (Å²) in [7, 11) is 0. The van der Waals surface area contributed by atoms with E-state index in [-0.39, 0.29) is 23.2 Å². The lowest BCUT2D eigenvalue weighted by Gasteiger charge is -2.29. The number of carbonyl (C=O) groups excluding carboxylic acids is 2. The van der Waals surface area contributed by atoms with E-state index in [1.54, 1.807) is 17.0 Å². The summed E-state index contributed by atoms with van der Waals surface area (Å²) in [5.41, 5.74) is 2.00. The first kappa shape index (κ1) is 16.7. The maximum Gasteiger partial charge on any atom is 0.348 e. The Balaban J connectivity index is 1.46. The summed E-state index contributed by atoms with van der Waals surface area (Å²) in [5.74, 6) is -1.24. The lowest BCUT2D eigenvalue weighted by atomic mass is 10.0. The van der Waals surface area contributed by atoms with Crippen LogP contribution >= 0.6 is 11.3 Å². The van der Waals surface area contributed by atoms with Gasteiger partial charge < -0.3 is 9.64 Å². The molecule has 2 heterocycles. The van der Waals surface area contributed by atoms with Crippen LogP contribution in [0.5, 0.6) is 0 Å². The molecule has 4 rings (SSSR count). The molecule has 1 aromatic heterocycles. The van der Waals surface area contributed by atoms with Crippen LogP contribution in [0.4, 0.5) is 10.1 Å². The average Bonchev–Trinajstić information content (AvgIpc) is 3.11. The number of anilines is 1. The molecule has 0 unspecified atom stereocenters. The molecule has 4 nitrogen and oxygen atoms in total. The van der Waals surface area contributed by atoms with E-state index in [0.29, 0.717) is 16.6 Å². The second kappa shape index (κ2) is 6.88. The van der Waals surface area contributed by atoms with Crippen LogP contribution in [0.15, 0.2) is 48.5 Å². The molecule has 1 amide bonds. The van der Waals surface area contributed by atoms with Crippen LogP contribution in [0.3, 0.4) is 0 Å². The summed E-state index contributed by atoms with van der Waals surface area (Å²) >= 11 is 1.16. The minimum atomic E-state index is -0.607. The number of fused-ring (bicyclic) bond motifs is 2. The molecule has 0 saturated carbocycles. The Bertz CT molecular complexity index is 998. The van der Waals surface area contributed by atoms with E-state index in [1.807, 2.05) is 24.3 Å². The Morgan fingerprint density at radius 2 is 2.00 bits per heavy atom. The van der Waals surface area contributed by atoms with Crippen molar-refractivity contribution in [3.63, 3.8) is 0 Å². The fourth-order valence-corrected chi connectivity index (χ4v) is 4.16. The van der Waals surface area contributed by atoms with Crippen LogP contribution in [0.1, 0.15) is 21.7 Å². The van der Waals surface area contributed by atoms with Gasteiger partial charge in [-0.05, 0) is 42.7 Å². The van der Waals surface area contributed by atoms with Crippen LogP contribution in [0.2, 0.25) is 0 Å². The van der Waals surface area contributed by atoms with E-state index in [4.69, 9.17) is 4.74 Å². The van der Waals surface area contributed by atoms with Crippen LogP contribution in [-0.4, -0.2) is 25.0 Å². The number of aryl methyl sites for hydroxylation is 1. The molecule has 0 atom stereocenters. The SMILES string of the molecule is O=C(OCC(=O)N1CCCc2ccccc21)c1cc2c(F)cccc2s1. The monoisotopic (exact) mass is 369 g/mol. The van der Waals surface area contributed by atoms with Crippen LogP contribution in [0.25, 0.3) is 10.1 Å². The molecule has 132 valence electrons. The van der Waals surface area contributed by atoms with E-state index in [2.05, 4.69) is 0 Å². The number of thiophene rings is 1. The summed E-state index contributed by atoms with van der Waals surface area (Å²) in [4.78, 5) is 26.7. The highest BCUT2D eigenvalue weighted by atomic mass is 32.1. The Kier molecular flexibility index (Phi) is 4.42. The number of amides is 1.